The number of carbonyl (C=O) groups excluding carboxylic acids is 1. The Hall–Kier alpha value is -0.730. The normalized spacial score (nSPS) is 58.3. The lowest BCUT2D eigenvalue weighted by Crippen LogP contribution is -2.61. The smallest absolute Gasteiger partial charge is 0.303 e. The molecule has 1 spiro atoms. The van der Waals surface area contributed by atoms with Crippen molar-refractivity contribution < 1.29 is 35.1 Å². The quantitative estimate of drug-likeness (QED) is 0.402. The third kappa shape index (κ3) is 2.45. The second kappa shape index (κ2) is 5.94. The minimum atomic E-state index is -1.67. The highest BCUT2D eigenvalue weighted by Crippen LogP contribution is 2.70. The van der Waals surface area contributed by atoms with Gasteiger partial charge in [-0.2, -0.15) is 0 Å². The predicted molar refractivity (Wildman–Crippen MR) is 104 cm³/mol. The van der Waals surface area contributed by atoms with Gasteiger partial charge in [-0.25, -0.2) is 0 Å². The van der Waals surface area contributed by atoms with Gasteiger partial charge in [-0.3, -0.25) is 4.79 Å². The molecule has 0 aromatic rings. The van der Waals surface area contributed by atoms with E-state index in [1.54, 1.807) is 27.7 Å². The van der Waals surface area contributed by atoms with E-state index >= 15 is 0 Å². The summed E-state index contributed by atoms with van der Waals surface area (Å²) < 4.78 is 5.67. The molecule has 166 valence electrons. The summed E-state index contributed by atoms with van der Waals surface area (Å²) in [4.78, 5) is 12.0. The molecular weight excluding hydrogens is 376 g/mol. The fraction of sp³-hybridized carbons (Fsp3) is 0.955. The second-order valence-corrected chi connectivity index (χ2v) is 11.3. The molecule has 7 nitrogen and oxygen atoms in total. The van der Waals surface area contributed by atoms with Crippen LogP contribution in [0.5, 0.6) is 0 Å². The first kappa shape index (κ1) is 21.5. The van der Waals surface area contributed by atoms with E-state index in [4.69, 9.17) is 4.74 Å². The van der Waals surface area contributed by atoms with E-state index in [2.05, 4.69) is 0 Å². The summed E-state index contributed by atoms with van der Waals surface area (Å²) in [6, 6.07) is 0. The Morgan fingerprint density at radius 3 is 2.21 bits per heavy atom. The molecule has 4 rings (SSSR count). The maximum absolute atomic E-state index is 12.1. The SMILES string of the molecule is CC(=O)O[C@@H]1C[C@]23C[C@@](C)(O)[C@H](CC[C@H]2[C@@](C)(O)[C@@H]2C[C@H](O)C(C)(C)[C@@]12O)C3O. The first-order chi connectivity index (χ1) is 13.1. The molecule has 0 aromatic heterocycles. The fourth-order valence-corrected chi connectivity index (χ4v) is 8.10. The number of aliphatic hydroxyl groups is 5. The highest BCUT2D eigenvalue weighted by atomic mass is 16.6. The third-order valence-electron chi connectivity index (χ3n) is 9.55. The Bertz CT molecular complexity index is 716. The van der Waals surface area contributed by atoms with Crippen molar-refractivity contribution in [3.63, 3.8) is 0 Å². The molecule has 10 atom stereocenters. The molecule has 4 aliphatic carbocycles. The van der Waals surface area contributed by atoms with Crippen LogP contribution in [0, 0.1) is 28.6 Å². The summed E-state index contributed by atoms with van der Waals surface area (Å²) in [6.45, 7) is 8.16. The number of fused-ring (bicyclic) bond motifs is 2. The number of ether oxygens (including phenoxy) is 1. The van der Waals surface area contributed by atoms with E-state index in [0.29, 0.717) is 12.8 Å². The molecular formula is C22H36O7. The second-order valence-electron chi connectivity index (χ2n) is 11.3. The fourth-order valence-electron chi connectivity index (χ4n) is 8.10. The Morgan fingerprint density at radius 2 is 1.62 bits per heavy atom. The van der Waals surface area contributed by atoms with E-state index in [1.807, 2.05) is 0 Å². The molecule has 4 saturated carbocycles. The summed E-state index contributed by atoms with van der Waals surface area (Å²) in [7, 11) is 0. The maximum Gasteiger partial charge on any atom is 0.303 e. The molecule has 0 radical (unpaired) electrons. The molecule has 0 amide bonds. The number of carbonyl (C=O) groups is 1. The molecule has 0 heterocycles. The van der Waals surface area contributed by atoms with Crippen molar-refractivity contribution >= 4 is 5.97 Å². The lowest BCUT2D eigenvalue weighted by atomic mass is 9.57. The molecule has 29 heavy (non-hydrogen) atoms. The lowest BCUT2D eigenvalue weighted by Gasteiger charge is -2.51. The van der Waals surface area contributed by atoms with Gasteiger partial charge in [0, 0.05) is 29.6 Å². The Balaban J connectivity index is 1.93. The highest BCUT2D eigenvalue weighted by molar-refractivity contribution is 5.66. The Morgan fingerprint density at radius 1 is 1.00 bits per heavy atom. The third-order valence-corrected chi connectivity index (χ3v) is 9.55. The Kier molecular flexibility index (Phi) is 4.41. The van der Waals surface area contributed by atoms with Crippen molar-refractivity contribution in [2.45, 2.75) is 102 Å². The van der Waals surface area contributed by atoms with Crippen molar-refractivity contribution in [1.29, 1.82) is 0 Å². The zero-order valence-electron chi connectivity index (χ0n) is 18.1. The van der Waals surface area contributed by atoms with Crippen LogP contribution in [0.1, 0.15) is 66.7 Å². The first-order valence-corrected chi connectivity index (χ1v) is 10.8. The van der Waals surface area contributed by atoms with E-state index < -0.39 is 63.8 Å². The van der Waals surface area contributed by atoms with Gasteiger partial charge in [0.05, 0.1) is 23.4 Å². The minimum absolute atomic E-state index is 0.143. The van der Waals surface area contributed by atoms with E-state index in [9.17, 15) is 30.3 Å². The van der Waals surface area contributed by atoms with Crippen LogP contribution in [0.3, 0.4) is 0 Å². The van der Waals surface area contributed by atoms with Gasteiger partial charge >= 0.3 is 5.97 Å². The first-order valence-electron chi connectivity index (χ1n) is 10.8. The molecule has 4 aliphatic rings. The molecule has 0 aromatic carbocycles. The van der Waals surface area contributed by atoms with Crippen molar-refractivity contribution in [2.24, 2.45) is 28.6 Å². The highest BCUT2D eigenvalue weighted by Gasteiger charge is 2.77. The van der Waals surface area contributed by atoms with Gasteiger partial charge in [-0.15, -0.1) is 0 Å². The standard InChI is InChI=1S/C22H36O7/c1-11(23)29-16-9-21-10-19(4,26)12(17(21)25)6-7-13(21)20(5,27)14-8-15(24)18(2,3)22(14,16)28/h12-17,24-28H,6-10H2,1-5H3/t12-,13+,14+,15+,16-,17?,19-,20-,21+,22+/m1/s1. The summed E-state index contributed by atoms with van der Waals surface area (Å²) >= 11 is 0. The molecule has 4 fully saturated rings. The lowest BCUT2D eigenvalue weighted by molar-refractivity contribution is -0.213. The van der Waals surface area contributed by atoms with Gasteiger partial charge in [0.1, 0.15) is 11.7 Å². The van der Waals surface area contributed by atoms with Gasteiger partial charge in [-0.05, 0) is 51.9 Å². The van der Waals surface area contributed by atoms with Crippen LogP contribution in [0.25, 0.3) is 0 Å². The van der Waals surface area contributed by atoms with Crippen LogP contribution in [-0.2, 0) is 9.53 Å². The van der Waals surface area contributed by atoms with Gasteiger partial charge in [0.15, 0.2) is 0 Å². The van der Waals surface area contributed by atoms with Crippen LogP contribution in [0.4, 0.5) is 0 Å². The number of aliphatic hydroxyl groups excluding tert-OH is 2. The van der Waals surface area contributed by atoms with E-state index in [1.165, 1.54) is 6.92 Å². The number of esters is 1. The molecule has 2 bridgehead atoms. The van der Waals surface area contributed by atoms with Crippen LogP contribution in [-0.4, -0.2) is 66.6 Å². The predicted octanol–water partition coefficient (Wildman–Crippen LogP) is 0.739. The topological polar surface area (TPSA) is 127 Å². The van der Waals surface area contributed by atoms with Gasteiger partial charge in [0.25, 0.3) is 0 Å². The van der Waals surface area contributed by atoms with Crippen molar-refractivity contribution in [3.05, 3.63) is 0 Å². The van der Waals surface area contributed by atoms with Crippen LogP contribution < -0.4 is 0 Å². The monoisotopic (exact) mass is 412 g/mol. The Labute approximate surface area is 172 Å². The number of rotatable bonds is 1. The number of hydrogen-bond acceptors (Lipinski definition) is 7. The average molecular weight is 413 g/mol. The van der Waals surface area contributed by atoms with Crippen molar-refractivity contribution in [3.8, 4) is 0 Å². The molecule has 0 aliphatic heterocycles. The van der Waals surface area contributed by atoms with Crippen LogP contribution >= 0.6 is 0 Å². The van der Waals surface area contributed by atoms with Crippen LogP contribution in [0.15, 0.2) is 0 Å². The molecule has 7 heteroatoms. The minimum Gasteiger partial charge on any atom is -0.459 e. The summed E-state index contributed by atoms with van der Waals surface area (Å²) in [6.07, 6.45) is -0.972. The largest absolute Gasteiger partial charge is 0.459 e. The molecule has 1 unspecified atom stereocenters. The van der Waals surface area contributed by atoms with E-state index in [0.717, 1.165) is 0 Å². The summed E-state index contributed by atoms with van der Waals surface area (Å²) in [5.41, 5.74) is -6.08. The van der Waals surface area contributed by atoms with Gasteiger partial charge in [0.2, 0.25) is 0 Å². The average Bonchev–Trinajstić information content (AvgIpc) is 2.78. The number of hydrogen-bond donors (Lipinski definition) is 5. The van der Waals surface area contributed by atoms with Crippen molar-refractivity contribution in [2.75, 3.05) is 0 Å². The van der Waals surface area contributed by atoms with E-state index in [-0.39, 0.29) is 25.2 Å². The zero-order valence-corrected chi connectivity index (χ0v) is 18.1. The van der Waals surface area contributed by atoms with Crippen molar-refractivity contribution in [1.82, 2.24) is 0 Å². The summed E-state index contributed by atoms with van der Waals surface area (Å²) in [5.74, 6) is -2.00. The zero-order chi connectivity index (χ0) is 21.8. The van der Waals surface area contributed by atoms with Crippen LogP contribution in [0.2, 0.25) is 0 Å². The molecule has 0 saturated heterocycles. The molecule has 5 N–H and O–H groups in total. The van der Waals surface area contributed by atoms with Gasteiger partial charge < -0.3 is 30.3 Å². The summed E-state index contributed by atoms with van der Waals surface area (Å²) in [5, 5.41) is 57.1. The van der Waals surface area contributed by atoms with Gasteiger partial charge in [-0.1, -0.05) is 13.8 Å². The maximum atomic E-state index is 12.1.